The molecule has 0 aliphatic heterocycles. The molecule has 1 heterocycles. The van der Waals surface area contributed by atoms with Gasteiger partial charge in [-0.05, 0) is 37.6 Å². The third-order valence-electron chi connectivity index (χ3n) is 2.60. The van der Waals surface area contributed by atoms with Gasteiger partial charge in [-0.2, -0.15) is 10.2 Å². The number of nitrogens with zero attached hydrogens (tertiary/aromatic N) is 3. The first-order valence-corrected chi connectivity index (χ1v) is 6.05. The lowest BCUT2D eigenvalue weighted by Gasteiger charge is -2.10. The second-order valence-electron chi connectivity index (χ2n) is 4.25. The van der Waals surface area contributed by atoms with E-state index in [9.17, 15) is 0 Å². The average molecular weight is 266 g/mol. The SMILES string of the molecule is C=CCc1cc(N)ccc1Oc1nc(C)cc(C#N)n1. The number of allylic oxidation sites excluding steroid dienone is 1. The third-order valence-corrected chi connectivity index (χ3v) is 2.60. The van der Waals surface area contributed by atoms with Crippen molar-refractivity contribution in [1.29, 1.82) is 5.26 Å². The Morgan fingerprint density at radius 2 is 2.20 bits per heavy atom. The summed E-state index contributed by atoms with van der Waals surface area (Å²) in [7, 11) is 0. The van der Waals surface area contributed by atoms with Crippen molar-refractivity contribution in [3.05, 3.63) is 53.9 Å². The highest BCUT2D eigenvalue weighted by molar-refractivity contribution is 5.49. The summed E-state index contributed by atoms with van der Waals surface area (Å²) < 4.78 is 5.66. The van der Waals surface area contributed by atoms with Crippen LogP contribution in [0.25, 0.3) is 0 Å². The molecule has 0 atom stereocenters. The van der Waals surface area contributed by atoms with Crippen LogP contribution in [0.15, 0.2) is 36.9 Å². The fourth-order valence-corrected chi connectivity index (χ4v) is 1.76. The highest BCUT2D eigenvalue weighted by Crippen LogP contribution is 2.26. The molecule has 0 bridgehead atoms. The molecular formula is C15H14N4O. The molecule has 2 N–H and O–H groups in total. The Balaban J connectivity index is 2.37. The fraction of sp³-hybridized carbons (Fsp3) is 0.133. The van der Waals surface area contributed by atoms with Crippen molar-refractivity contribution in [1.82, 2.24) is 9.97 Å². The summed E-state index contributed by atoms with van der Waals surface area (Å²) in [5.74, 6) is 0.605. The number of nitrogen functional groups attached to an aromatic ring is 1. The minimum atomic E-state index is 0.150. The van der Waals surface area contributed by atoms with E-state index in [1.54, 1.807) is 31.2 Å². The standard InChI is InChI=1S/C15H14N4O/c1-3-4-11-8-12(17)5-6-14(11)20-15-18-10(2)7-13(9-16)19-15/h3,5-8H,1,4,17H2,2H3. The van der Waals surface area contributed by atoms with E-state index < -0.39 is 0 Å². The summed E-state index contributed by atoms with van der Waals surface area (Å²) in [5, 5.41) is 8.90. The summed E-state index contributed by atoms with van der Waals surface area (Å²) in [6, 6.07) is 9.04. The van der Waals surface area contributed by atoms with E-state index in [-0.39, 0.29) is 11.7 Å². The molecule has 100 valence electrons. The van der Waals surface area contributed by atoms with Crippen LogP contribution in [0.5, 0.6) is 11.8 Å². The van der Waals surface area contributed by atoms with Gasteiger partial charge in [-0.1, -0.05) is 6.08 Å². The number of nitrogens with two attached hydrogens (primary N) is 1. The van der Waals surface area contributed by atoms with E-state index in [0.717, 1.165) is 5.56 Å². The molecule has 0 aliphatic rings. The van der Waals surface area contributed by atoms with Crippen LogP contribution in [0.2, 0.25) is 0 Å². The molecule has 0 saturated carbocycles. The number of hydrogen-bond donors (Lipinski definition) is 1. The topological polar surface area (TPSA) is 84.8 Å². The summed E-state index contributed by atoms with van der Waals surface area (Å²) in [6.45, 7) is 5.49. The molecular weight excluding hydrogens is 252 g/mol. The number of hydrogen-bond acceptors (Lipinski definition) is 5. The van der Waals surface area contributed by atoms with Crippen molar-refractivity contribution in [3.8, 4) is 17.8 Å². The Hall–Kier alpha value is -2.87. The Labute approximate surface area is 117 Å². The van der Waals surface area contributed by atoms with Crippen LogP contribution >= 0.6 is 0 Å². The van der Waals surface area contributed by atoms with Crippen molar-refractivity contribution in [2.45, 2.75) is 13.3 Å². The molecule has 0 unspecified atom stereocenters. The monoisotopic (exact) mass is 266 g/mol. The third kappa shape index (κ3) is 3.12. The zero-order chi connectivity index (χ0) is 14.5. The lowest BCUT2D eigenvalue weighted by atomic mass is 10.1. The lowest BCUT2D eigenvalue weighted by Crippen LogP contribution is -1.99. The largest absolute Gasteiger partial charge is 0.424 e. The van der Waals surface area contributed by atoms with Gasteiger partial charge in [-0.3, -0.25) is 0 Å². The second-order valence-corrected chi connectivity index (χ2v) is 4.25. The van der Waals surface area contributed by atoms with E-state index in [0.29, 0.717) is 23.6 Å². The van der Waals surface area contributed by atoms with E-state index in [2.05, 4.69) is 16.5 Å². The van der Waals surface area contributed by atoms with Crippen molar-refractivity contribution in [2.24, 2.45) is 0 Å². The van der Waals surface area contributed by atoms with Gasteiger partial charge in [0.15, 0.2) is 0 Å². The zero-order valence-electron chi connectivity index (χ0n) is 11.1. The Bertz CT molecular complexity index is 689. The normalized spacial score (nSPS) is 9.80. The first-order valence-electron chi connectivity index (χ1n) is 6.05. The predicted molar refractivity (Wildman–Crippen MR) is 76.3 cm³/mol. The van der Waals surface area contributed by atoms with E-state index in [1.165, 1.54) is 0 Å². The van der Waals surface area contributed by atoms with Crippen LogP contribution in [0, 0.1) is 18.3 Å². The van der Waals surface area contributed by atoms with E-state index in [4.69, 9.17) is 15.7 Å². The van der Waals surface area contributed by atoms with Gasteiger partial charge in [0.2, 0.25) is 0 Å². The van der Waals surface area contributed by atoms with Gasteiger partial charge in [0.1, 0.15) is 17.5 Å². The molecule has 0 spiro atoms. The molecule has 5 heteroatoms. The van der Waals surface area contributed by atoms with Crippen LogP contribution in [0.1, 0.15) is 17.0 Å². The maximum atomic E-state index is 8.90. The molecule has 0 radical (unpaired) electrons. The molecule has 0 amide bonds. The fourth-order valence-electron chi connectivity index (χ4n) is 1.76. The highest BCUT2D eigenvalue weighted by Gasteiger charge is 2.08. The van der Waals surface area contributed by atoms with E-state index in [1.807, 2.05) is 12.1 Å². The molecule has 1 aromatic carbocycles. The first kappa shape index (κ1) is 13.6. The molecule has 0 aliphatic carbocycles. The van der Waals surface area contributed by atoms with E-state index >= 15 is 0 Å². The van der Waals surface area contributed by atoms with Crippen LogP contribution in [-0.4, -0.2) is 9.97 Å². The number of aryl methyl sites for hydroxylation is 1. The highest BCUT2D eigenvalue weighted by atomic mass is 16.5. The minimum Gasteiger partial charge on any atom is -0.424 e. The molecule has 2 rings (SSSR count). The Morgan fingerprint density at radius 1 is 1.40 bits per heavy atom. The van der Waals surface area contributed by atoms with Crippen molar-refractivity contribution in [3.63, 3.8) is 0 Å². The minimum absolute atomic E-state index is 0.150. The lowest BCUT2D eigenvalue weighted by molar-refractivity contribution is 0.435. The number of rotatable bonds is 4. The number of benzene rings is 1. The van der Waals surface area contributed by atoms with Crippen molar-refractivity contribution >= 4 is 5.69 Å². The molecule has 5 nitrogen and oxygen atoms in total. The molecule has 1 aromatic heterocycles. The van der Waals surface area contributed by atoms with Gasteiger partial charge < -0.3 is 10.5 Å². The van der Waals surface area contributed by atoms with Gasteiger partial charge in [-0.15, -0.1) is 6.58 Å². The number of aromatic nitrogens is 2. The molecule has 2 aromatic rings. The predicted octanol–water partition coefficient (Wildman–Crippen LogP) is 2.76. The maximum absolute atomic E-state index is 8.90. The van der Waals surface area contributed by atoms with Crippen LogP contribution in [0.4, 0.5) is 5.69 Å². The molecule has 0 fully saturated rings. The number of nitriles is 1. The smallest absolute Gasteiger partial charge is 0.323 e. The molecule has 0 saturated heterocycles. The van der Waals surface area contributed by atoms with Crippen LogP contribution in [0.3, 0.4) is 0 Å². The van der Waals surface area contributed by atoms with Gasteiger partial charge >= 0.3 is 6.01 Å². The maximum Gasteiger partial charge on any atom is 0.323 e. The second kappa shape index (κ2) is 5.85. The number of anilines is 1. The first-order chi connectivity index (χ1) is 9.62. The molecule has 20 heavy (non-hydrogen) atoms. The van der Waals surface area contributed by atoms with Crippen molar-refractivity contribution in [2.75, 3.05) is 5.73 Å². The zero-order valence-corrected chi connectivity index (χ0v) is 11.1. The number of ether oxygens (including phenoxy) is 1. The quantitative estimate of drug-likeness (QED) is 0.679. The summed E-state index contributed by atoms with van der Waals surface area (Å²) in [6.07, 6.45) is 2.39. The van der Waals surface area contributed by atoms with Gasteiger partial charge in [0.05, 0.1) is 0 Å². The van der Waals surface area contributed by atoms with Gasteiger partial charge in [-0.25, -0.2) is 4.98 Å². The summed E-state index contributed by atoms with van der Waals surface area (Å²) in [5.41, 5.74) is 8.24. The Morgan fingerprint density at radius 3 is 2.90 bits per heavy atom. The van der Waals surface area contributed by atoms with Crippen molar-refractivity contribution < 1.29 is 4.74 Å². The van der Waals surface area contributed by atoms with Gasteiger partial charge in [0.25, 0.3) is 0 Å². The Kier molecular flexibility index (Phi) is 3.96. The summed E-state index contributed by atoms with van der Waals surface area (Å²) >= 11 is 0. The van der Waals surface area contributed by atoms with Crippen LogP contribution in [-0.2, 0) is 6.42 Å². The average Bonchev–Trinajstić information content (AvgIpc) is 2.41. The van der Waals surface area contributed by atoms with Crippen LogP contribution < -0.4 is 10.5 Å². The summed E-state index contributed by atoms with van der Waals surface area (Å²) in [4.78, 5) is 8.18. The van der Waals surface area contributed by atoms with Gasteiger partial charge in [0, 0.05) is 16.9 Å².